The number of ether oxygens (including phenoxy) is 1. The van der Waals surface area contributed by atoms with Crippen molar-refractivity contribution >= 4 is 40.5 Å². The Morgan fingerprint density at radius 2 is 2.00 bits per heavy atom. The highest BCUT2D eigenvalue weighted by Crippen LogP contribution is 2.26. The molecule has 0 aliphatic carbocycles. The molecule has 2 aromatic rings. The van der Waals surface area contributed by atoms with E-state index in [1.165, 1.54) is 0 Å². The number of carbonyl (C=O) groups excluding carboxylic acids is 2. The minimum atomic E-state index is -0.596. The maximum absolute atomic E-state index is 13.1. The van der Waals surface area contributed by atoms with E-state index < -0.39 is 6.04 Å². The van der Waals surface area contributed by atoms with Crippen molar-refractivity contribution < 1.29 is 14.3 Å². The van der Waals surface area contributed by atoms with E-state index in [1.54, 1.807) is 23.3 Å². The van der Waals surface area contributed by atoms with Crippen LogP contribution in [0.3, 0.4) is 0 Å². The number of rotatable bonds is 8. The molecule has 8 heteroatoms. The Morgan fingerprint density at radius 1 is 1.25 bits per heavy atom. The third-order valence-corrected chi connectivity index (χ3v) is 5.88. The molecule has 1 aliphatic rings. The SMILES string of the molecule is CCNC(=O)C[C@H]1C(=O)N(Cc2cccs2)C(=S)N1Cc1ccc(OC)cc1. The highest BCUT2D eigenvalue weighted by Gasteiger charge is 2.43. The molecule has 2 amide bonds. The summed E-state index contributed by atoms with van der Waals surface area (Å²) >= 11 is 7.21. The lowest BCUT2D eigenvalue weighted by atomic mass is 10.1. The van der Waals surface area contributed by atoms with E-state index in [9.17, 15) is 9.59 Å². The van der Waals surface area contributed by atoms with E-state index in [1.807, 2.05) is 53.6 Å². The summed E-state index contributed by atoms with van der Waals surface area (Å²) in [4.78, 5) is 29.8. The Balaban J connectivity index is 1.82. The second-order valence-electron chi connectivity index (χ2n) is 6.44. The van der Waals surface area contributed by atoms with Crippen molar-refractivity contribution in [2.45, 2.75) is 32.5 Å². The zero-order chi connectivity index (χ0) is 20.1. The van der Waals surface area contributed by atoms with Gasteiger partial charge in [-0.05, 0) is 48.3 Å². The molecule has 1 aromatic heterocycles. The number of thiophene rings is 1. The molecule has 1 fully saturated rings. The average molecular weight is 418 g/mol. The standard InChI is InChI=1S/C20H23N3O3S2/c1-3-21-18(24)11-17-19(25)23(13-16-5-4-10-28-16)20(27)22(17)12-14-6-8-15(26-2)9-7-14/h4-10,17H,3,11-13H2,1-2H3,(H,21,24)/t17-/m0/s1. The summed E-state index contributed by atoms with van der Waals surface area (Å²) in [6.07, 6.45) is 0.0872. The maximum Gasteiger partial charge on any atom is 0.252 e. The van der Waals surface area contributed by atoms with Crippen LogP contribution in [0.15, 0.2) is 41.8 Å². The number of hydrogen-bond donors (Lipinski definition) is 1. The number of hydrogen-bond acceptors (Lipinski definition) is 5. The van der Waals surface area contributed by atoms with Gasteiger partial charge in [0.2, 0.25) is 5.91 Å². The van der Waals surface area contributed by atoms with Gasteiger partial charge in [-0.1, -0.05) is 18.2 Å². The molecular weight excluding hydrogens is 394 g/mol. The van der Waals surface area contributed by atoms with Gasteiger partial charge in [-0.25, -0.2) is 0 Å². The van der Waals surface area contributed by atoms with Crippen molar-refractivity contribution in [1.82, 2.24) is 15.1 Å². The van der Waals surface area contributed by atoms with Crippen LogP contribution in [0.4, 0.5) is 0 Å². The highest BCUT2D eigenvalue weighted by molar-refractivity contribution is 7.80. The number of carbonyl (C=O) groups is 2. The first-order valence-electron chi connectivity index (χ1n) is 9.07. The topological polar surface area (TPSA) is 61.9 Å². The largest absolute Gasteiger partial charge is 0.497 e. The summed E-state index contributed by atoms with van der Waals surface area (Å²) in [5.74, 6) is 0.488. The third kappa shape index (κ3) is 4.51. The molecule has 6 nitrogen and oxygen atoms in total. The lowest BCUT2D eigenvalue weighted by Gasteiger charge is -2.24. The Kier molecular flexibility index (Phi) is 6.64. The zero-order valence-electron chi connectivity index (χ0n) is 15.9. The Labute approximate surface area is 174 Å². The van der Waals surface area contributed by atoms with E-state index >= 15 is 0 Å². The molecule has 1 aromatic carbocycles. The summed E-state index contributed by atoms with van der Waals surface area (Å²) in [5.41, 5.74) is 0.995. The molecule has 0 saturated carbocycles. The lowest BCUT2D eigenvalue weighted by molar-refractivity contribution is -0.132. The molecule has 148 valence electrons. The van der Waals surface area contributed by atoms with E-state index in [-0.39, 0.29) is 18.2 Å². The number of thiocarbonyl (C=S) groups is 1. The third-order valence-electron chi connectivity index (χ3n) is 4.56. The first-order valence-corrected chi connectivity index (χ1v) is 10.4. The molecule has 0 radical (unpaired) electrons. The number of nitrogens with one attached hydrogen (secondary N) is 1. The first kappa shape index (κ1) is 20.3. The zero-order valence-corrected chi connectivity index (χ0v) is 17.5. The van der Waals surface area contributed by atoms with Gasteiger partial charge < -0.3 is 15.0 Å². The smallest absolute Gasteiger partial charge is 0.252 e. The number of amides is 2. The molecule has 2 heterocycles. The van der Waals surface area contributed by atoms with Crippen LogP contribution in [0.5, 0.6) is 5.75 Å². The minimum absolute atomic E-state index is 0.0872. The van der Waals surface area contributed by atoms with E-state index in [2.05, 4.69) is 5.32 Å². The molecule has 0 unspecified atom stereocenters. The van der Waals surface area contributed by atoms with Gasteiger partial charge in [-0.2, -0.15) is 0 Å². The van der Waals surface area contributed by atoms with Crippen molar-refractivity contribution in [3.63, 3.8) is 0 Å². The summed E-state index contributed by atoms with van der Waals surface area (Å²) in [6, 6.07) is 11.0. The normalized spacial score (nSPS) is 16.6. The van der Waals surface area contributed by atoms with Gasteiger partial charge in [-0.15, -0.1) is 11.3 Å². The van der Waals surface area contributed by atoms with Gasteiger partial charge in [-0.3, -0.25) is 14.5 Å². The van der Waals surface area contributed by atoms with Gasteiger partial charge in [0, 0.05) is 18.0 Å². The van der Waals surface area contributed by atoms with Crippen molar-refractivity contribution in [2.75, 3.05) is 13.7 Å². The molecule has 1 aliphatic heterocycles. The second kappa shape index (κ2) is 9.16. The van der Waals surface area contributed by atoms with Crippen molar-refractivity contribution in [3.8, 4) is 5.75 Å². The second-order valence-corrected chi connectivity index (χ2v) is 7.83. The van der Waals surface area contributed by atoms with Crippen LogP contribution in [0.2, 0.25) is 0 Å². The van der Waals surface area contributed by atoms with Gasteiger partial charge in [0.1, 0.15) is 11.8 Å². The van der Waals surface area contributed by atoms with Crippen molar-refractivity contribution in [1.29, 1.82) is 0 Å². The predicted octanol–water partition coefficient (Wildman–Crippen LogP) is 2.78. The number of methoxy groups -OCH3 is 1. The molecule has 1 atom stereocenters. The Bertz CT molecular complexity index is 837. The van der Waals surface area contributed by atoms with Crippen LogP contribution in [0.25, 0.3) is 0 Å². The molecule has 1 saturated heterocycles. The van der Waals surface area contributed by atoms with E-state index in [0.29, 0.717) is 24.7 Å². The van der Waals surface area contributed by atoms with Gasteiger partial charge in [0.25, 0.3) is 5.91 Å². The molecule has 1 N–H and O–H groups in total. The van der Waals surface area contributed by atoms with Gasteiger partial charge in [0.15, 0.2) is 5.11 Å². The van der Waals surface area contributed by atoms with Crippen LogP contribution >= 0.6 is 23.6 Å². The van der Waals surface area contributed by atoms with Gasteiger partial charge >= 0.3 is 0 Å². The lowest BCUT2D eigenvalue weighted by Crippen LogP contribution is -2.39. The van der Waals surface area contributed by atoms with Crippen LogP contribution in [-0.4, -0.2) is 46.4 Å². The number of nitrogens with zero attached hydrogens (tertiary/aromatic N) is 2. The molecule has 0 spiro atoms. The molecule has 28 heavy (non-hydrogen) atoms. The fourth-order valence-electron chi connectivity index (χ4n) is 3.15. The van der Waals surface area contributed by atoms with Crippen LogP contribution in [0, 0.1) is 0 Å². The molecular formula is C20H23N3O3S2. The van der Waals surface area contributed by atoms with Crippen molar-refractivity contribution in [2.24, 2.45) is 0 Å². The van der Waals surface area contributed by atoms with Gasteiger partial charge in [0.05, 0.1) is 20.1 Å². The predicted molar refractivity (Wildman–Crippen MR) is 113 cm³/mol. The molecule has 3 rings (SSSR count). The summed E-state index contributed by atoms with van der Waals surface area (Å²) in [6.45, 7) is 3.28. The van der Waals surface area contributed by atoms with E-state index in [4.69, 9.17) is 17.0 Å². The average Bonchev–Trinajstić information content (AvgIpc) is 3.28. The monoisotopic (exact) mass is 417 g/mol. The van der Waals surface area contributed by atoms with Crippen molar-refractivity contribution in [3.05, 3.63) is 52.2 Å². The minimum Gasteiger partial charge on any atom is -0.497 e. The highest BCUT2D eigenvalue weighted by atomic mass is 32.1. The Morgan fingerprint density at radius 3 is 2.61 bits per heavy atom. The first-order chi connectivity index (χ1) is 13.5. The summed E-state index contributed by atoms with van der Waals surface area (Å²) in [7, 11) is 1.62. The summed E-state index contributed by atoms with van der Waals surface area (Å²) in [5, 5.41) is 5.21. The van der Waals surface area contributed by atoms with Crippen LogP contribution < -0.4 is 10.1 Å². The Hall–Kier alpha value is -2.45. The fraction of sp³-hybridized carbons (Fsp3) is 0.350. The summed E-state index contributed by atoms with van der Waals surface area (Å²) < 4.78 is 5.20. The number of benzene rings is 1. The molecule has 0 bridgehead atoms. The fourth-order valence-corrected chi connectivity index (χ4v) is 4.19. The maximum atomic E-state index is 13.1. The quantitative estimate of drug-likeness (QED) is 0.670. The van der Waals surface area contributed by atoms with Crippen LogP contribution in [-0.2, 0) is 22.7 Å². The van der Waals surface area contributed by atoms with Crippen LogP contribution in [0.1, 0.15) is 23.8 Å². The van der Waals surface area contributed by atoms with E-state index in [0.717, 1.165) is 16.2 Å².